The Morgan fingerprint density at radius 1 is 1.17 bits per heavy atom. The van der Waals surface area contributed by atoms with Crippen molar-refractivity contribution in [2.45, 2.75) is 18.2 Å². The zero-order chi connectivity index (χ0) is 16.6. The van der Waals surface area contributed by atoms with Crippen LogP contribution in [0.4, 0.5) is 4.39 Å². The standard InChI is InChI=1S/C16H15FN2O2S2/c1-3-11-5-4-6-14-15(11)19(2)16(22-14)18-23(20,21)13-9-7-12(17)8-10-13/h4-10H,3H2,1-2H3. The molecule has 0 N–H and O–H groups in total. The fourth-order valence-electron chi connectivity index (χ4n) is 2.42. The molecule has 0 spiro atoms. The lowest BCUT2D eigenvalue weighted by Gasteiger charge is -2.02. The molecular weight excluding hydrogens is 335 g/mol. The molecular formula is C16H15FN2O2S2. The summed E-state index contributed by atoms with van der Waals surface area (Å²) >= 11 is 1.32. The van der Waals surface area contributed by atoms with E-state index in [2.05, 4.69) is 11.3 Å². The van der Waals surface area contributed by atoms with Crippen LogP contribution in [0.5, 0.6) is 0 Å². The molecule has 3 rings (SSSR count). The largest absolute Gasteiger partial charge is 0.319 e. The summed E-state index contributed by atoms with van der Waals surface area (Å²) < 4.78 is 44.5. The number of hydrogen-bond acceptors (Lipinski definition) is 3. The molecule has 0 aliphatic rings. The number of sulfonamides is 1. The Labute approximate surface area is 137 Å². The van der Waals surface area contributed by atoms with Gasteiger partial charge in [-0.05, 0) is 42.3 Å². The van der Waals surface area contributed by atoms with Crippen LogP contribution in [0, 0.1) is 5.82 Å². The number of nitrogens with zero attached hydrogens (tertiary/aromatic N) is 2. The van der Waals surface area contributed by atoms with Crippen LogP contribution in [0.1, 0.15) is 12.5 Å². The van der Waals surface area contributed by atoms with Gasteiger partial charge in [0.05, 0.1) is 15.1 Å². The monoisotopic (exact) mass is 350 g/mol. The molecule has 0 bridgehead atoms. The van der Waals surface area contributed by atoms with Crippen LogP contribution >= 0.6 is 11.3 Å². The summed E-state index contributed by atoms with van der Waals surface area (Å²) in [7, 11) is -2.07. The quantitative estimate of drug-likeness (QED) is 0.728. The smallest absolute Gasteiger partial charge is 0.285 e. The molecule has 120 valence electrons. The first-order chi connectivity index (χ1) is 10.9. The first-order valence-corrected chi connectivity index (χ1v) is 9.32. The van der Waals surface area contributed by atoms with Gasteiger partial charge in [0.25, 0.3) is 10.0 Å². The molecule has 23 heavy (non-hydrogen) atoms. The van der Waals surface area contributed by atoms with Crippen LogP contribution in [0.25, 0.3) is 10.2 Å². The minimum absolute atomic E-state index is 0.0212. The molecule has 0 radical (unpaired) electrons. The van der Waals surface area contributed by atoms with Gasteiger partial charge in [-0.1, -0.05) is 30.4 Å². The van der Waals surface area contributed by atoms with Crippen LogP contribution < -0.4 is 4.80 Å². The fraction of sp³-hybridized carbons (Fsp3) is 0.188. The lowest BCUT2D eigenvalue weighted by Crippen LogP contribution is -2.14. The molecule has 0 amide bonds. The van der Waals surface area contributed by atoms with Crippen LogP contribution in [-0.4, -0.2) is 13.0 Å². The highest BCUT2D eigenvalue weighted by molar-refractivity contribution is 7.90. The second-order valence-electron chi connectivity index (χ2n) is 5.08. The van der Waals surface area contributed by atoms with Gasteiger partial charge in [-0.3, -0.25) is 0 Å². The van der Waals surface area contributed by atoms with E-state index in [1.54, 1.807) is 11.6 Å². The van der Waals surface area contributed by atoms with Crippen molar-refractivity contribution in [1.82, 2.24) is 4.57 Å². The first-order valence-electron chi connectivity index (χ1n) is 7.06. The number of rotatable bonds is 3. The molecule has 4 nitrogen and oxygen atoms in total. The number of para-hydroxylation sites is 1. The molecule has 7 heteroatoms. The van der Waals surface area contributed by atoms with Crippen molar-refractivity contribution in [3.05, 3.63) is 58.6 Å². The van der Waals surface area contributed by atoms with E-state index in [4.69, 9.17) is 0 Å². The predicted molar refractivity (Wildman–Crippen MR) is 89.3 cm³/mol. The number of aryl methyl sites for hydroxylation is 2. The van der Waals surface area contributed by atoms with E-state index >= 15 is 0 Å². The van der Waals surface area contributed by atoms with E-state index in [1.807, 2.05) is 18.2 Å². The Hall–Kier alpha value is -1.99. The maximum Gasteiger partial charge on any atom is 0.285 e. The van der Waals surface area contributed by atoms with Gasteiger partial charge in [0, 0.05) is 7.05 Å². The Kier molecular flexibility index (Phi) is 4.08. The van der Waals surface area contributed by atoms with Crippen molar-refractivity contribution in [3.8, 4) is 0 Å². The molecule has 0 aliphatic heterocycles. The second-order valence-corrected chi connectivity index (χ2v) is 7.69. The molecule has 0 unspecified atom stereocenters. The van der Waals surface area contributed by atoms with Gasteiger partial charge >= 0.3 is 0 Å². The molecule has 2 aromatic carbocycles. The zero-order valence-electron chi connectivity index (χ0n) is 12.7. The summed E-state index contributed by atoms with van der Waals surface area (Å²) in [5.74, 6) is -0.482. The summed E-state index contributed by atoms with van der Waals surface area (Å²) in [5, 5.41) is 0. The molecule has 0 saturated heterocycles. The van der Waals surface area contributed by atoms with E-state index in [1.165, 1.54) is 23.5 Å². The van der Waals surface area contributed by atoms with Crippen LogP contribution in [0.15, 0.2) is 51.8 Å². The van der Waals surface area contributed by atoms with Crippen molar-refractivity contribution in [1.29, 1.82) is 0 Å². The fourth-order valence-corrected chi connectivity index (χ4v) is 4.71. The van der Waals surface area contributed by atoms with E-state index in [0.717, 1.165) is 34.3 Å². The minimum Gasteiger partial charge on any atom is -0.319 e. The van der Waals surface area contributed by atoms with E-state index in [-0.39, 0.29) is 4.90 Å². The Morgan fingerprint density at radius 3 is 2.52 bits per heavy atom. The Balaban J connectivity index is 2.21. The SMILES string of the molecule is CCc1cccc2sc(=NS(=O)(=O)c3ccc(F)cc3)n(C)c12. The van der Waals surface area contributed by atoms with Crippen molar-refractivity contribution >= 4 is 31.6 Å². The molecule has 1 aromatic heterocycles. The Bertz CT molecular complexity index is 1030. The highest BCUT2D eigenvalue weighted by Crippen LogP contribution is 2.21. The summed E-state index contributed by atoms with van der Waals surface area (Å²) in [6, 6.07) is 10.6. The van der Waals surface area contributed by atoms with Crippen molar-refractivity contribution in [2.75, 3.05) is 0 Å². The lowest BCUT2D eigenvalue weighted by atomic mass is 10.1. The summed E-state index contributed by atoms with van der Waals surface area (Å²) in [6.45, 7) is 2.05. The van der Waals surface area contributed by atoms with Gasteiger partial charge in [-0.2, -0.15) is 8.42 Å². The lowest BCUT2D eigenvalue weighted by molar-refractivity contribution is 0.595. The van der Waals surface area contributed by atoms with Crippen molar-refractivity contribution in [2.24, 2.45) is 11.4 Å². The maximum absolute atomic E-state index is 13.0. The summed E-state index contributed by atoms with van der Waals surface area (Å²) in [5.41, 5.74) is 2.13. The first kappa shape index (κ1) is 15.9. The van der Waals surface area contributed by atoms with E-state index < -0.39 is 15.8 Å². The van der Waals surface area contributed by atoms with Crippen molar-refractivity contribution in [3.63, 3.8) is 0 Å². The number of benzene rings is 2. The number of thiazole rings is 1. The average molecular weight is 350 g/mol. The van der Waals surface area contributed by atoms with Gasteiger partial charge in [0.2, 0.25) is 4.80 Å². The highest BCUT2D eigenvalue weighted by Gasteiger charge is 2.14. The predicted octanol–water partition coefficient (Wildman–Crippen LogP) is 3.23. The molecule has 0 saturated carbocycles. The maximum atomic E-state index is 13.0. The van der Waals surface area contributed by atoms with Gasteiger partial charge in [0.1, 0.15) is 5.82 Å². The molecule has 3 aromatic rings. The third kappa shape index (κ3) is 2.94. The molecule has 0 atom stereocenters. The normalized spacial score (nSPS) is 12.9. The molecule has 1 heterocycles. The van der Waals surface area contributed by atoms with Gasteiger partial charge in [-0.15, -0.1) is 4.40 Å². The van der Waals surface area contributed by atoms with E-state index in [0.29, 0.717) is 4.80 Å². The second kappa shape index (κ2) is 5.90. The minimum atomic E-state index is -3.87. The molecule has 0 fully saturated rings. The highest BCUT2D eigenvalue weighted by atomic mass is 32.2. The van der Waals surface area contributed by atoms with Crippen LogP contribution in [0.3, 0.4) is 0 Å². The number of hydrogen-bond donors (Lipinski definition) is 0. The van der Waals surface area contributed by atoms with Gasteiger partial charge in [-0.25, -0.2) is 4.39 Å². The average Bonchev–Trinajstić information content (AvgIpc) is 2.83. The third-order valence-corrected chi connectivity index (χ3v) is 6.09. The number of fused-ring (bicyclic) bond motifs is 1. The number of halogens is 1. The summed E-state index contributed by atoms with van der Waals surface area (Å²) in [6.07, 6.45) is 0.853. The van der Waals surface area contributed by atoms with Crippen molar-refractivity contribution < 1.29 is 12.8 Å². The van der Waals surface area contributed by atoms with Crippen LogP contribution in [0.2, 0.25) is 0 Å². The zero-order valence-corrected chi connectivity index (χ0v) is 14.3. The van der Waals surface area contributed by atoms with Crippen LogP contribution in [-0.2, 0) is 23.5 Å². The Morgan fingerprint density at radius 2 is 1.87 bits per heavy atom. The number of aromatic nitrogens is 1. The van der Waals surface area contributed by atoms with Gasteiger partial charge < -0.3 is 4.57 Å². The van der Waals surface area contributed by atoms with Gasteiger partial charge in [0.15, 0.2) is 0 Å². The topological polar surface area (TPSA) is 51.4 Å². The van der Waals surface area contributed by atoms with E-state index in [9.17, 15) is 12.8 Å². The summed E-state index contributed by atoms with van der Waals surface area (Å²) in [4.78, 5) is 0.372. The molecule has 0 aliphatic carbocycles. The third-order valence-electron chi connectivity index (χ3n) is 3.60.